The predicted molar refractivity (Wildman–Crippen MR) is 95.4 cm³/mol. The van der Waals surface area contributed by atoms with Gasteiger partial charge in [0.05, 0.1) is 12.8 Å². The molecule has 8 heteroatoms. The first kappa shape index (κ1) is 18.6. The molecule has 0 fully saturated rings. The van der Waals surface area contributed by atoms with Gasteiger partial charge in [0.2, 0.25) is 11.9 Å². The highest BCUT2D eigenvalue weighted by Gasteiger charge is 2.21. The summed E-state index contributed by atoms with van der Waals surface area (Å²) in [4.78, 5) is 20.0. The van der Waals surface area contributed by atoms with E-state index in [4.69, 9.17) is 5.11 Å². The number of carbonyl (C=O) groups excluding carboxylic acids is 1. The number of rotatable bonds is 6. The second-order valence-corrected chi connectivity index (χ2v) is 6.45. The van der Waals surface area contributed by atoms with Crippen LogP contribution in [0.3, 0.4) is 0 Å². The lowest BCUT2D eigenvalue weighted by atomic mass is 9.95. The first-order chi connectivity index (χ1) is 11.8. The summed E-state index contributed by atoms with van der Waals surface area (Å²) in [5.41, 5.74) is 0.772. The van der Waals surface area contributed by atoms with Crippen molar-refractivity contribution in [3.63, 3.8) is 0 Å². The van der Waals surface area contributed by atoms with Crippen molar-refractivity contribution in [2.75, 3.05) is 29.1 Å². The van der Waals surface area contributed by atoms with Crippen LogP contribution in [-0.2, 0) is 4.79 Å². The van der Waals surface area contributed by atoms with E-state index in [1.807, 2.05) is 20.8 Å². The third-order valence-corrected chi connectivity index (χ3v) is 3.21. The fourth-order valence-corrected chi connectivity index (χ4v) is 1.85. The Kier molecular flexibility index (Phi) is 5.87. The molecule has 0 aliphatic heterocycles. The standard InChI is InChI=1S/C17H22FN5O2/c1-17(2,3)15(25)21-11-5-4-6-12(9-11)22-16-20-10-13(18)14(23-16)19-7-8-24/h4-6,9-10,24H,7-8H2,1-3H3,(H,21,25)(H2,19,20,22,23). The van der Waals surface area contributed by atoms with E-state index in [2.05, 4.69) is 25.9 Å². The Hall–Kier alpha value is -2.74. The molecule has 0 aliphatic rings. The third-order valence-electron chi connectivity index (χ3n) is 3.21. The number of hydrogen-bond donors (Lipinski definition) is 4. The number of aliphatic hydroxyl groups excluding tert-OH is 1. The quantitative estimate of drug-likeness (QED) is 0.641. The van der Waals surface area contributed by atoms with E-state index in [1.54, 1.807) is 24.3 Å². The number of nitrogens with zero attached hydrogens (tertiary/aromatic N) is 2. The summed E-state index contributed by atoms with van der Waals surface area (Å²) in [6, 6.07) is 7.06. The van der Waals surface area contributed by atoms with E-state index in [0.29, 0.717) is 11.4 Å². The molecule has 1 amide bonds. The summed E-state index contributed by atoms with van der Waals surface area (Å²) in [5.74, 6) is -0.506. The van der Waals surface area contributed by atoms with Crippen molar-refractivity contribution in [3.05, 3.63) is 36.3 Å². The highest BCUT2D eigenvalue weighted by atomic mass is 19.1. The van der Waals surface area contributed by atoms with Gasteiger partial charge in [-0.15, -0.1) is 0 Å². The first-order valence-corrected chi connectivity index (χ1v) is 7.85. The molecule has 0 saturated heterocycles. The van der Waals surface area contributed by atoms with Crippen LogP contribution in [0.5, 0.6) is 0 Å². The van der Waals surface area contributed by atoms with Crippen molar-refractivity contribution in [3.8, 4) is 0 Å². The van der Waals surface area contributed by atoms with E-state index in [1.165, 1.54) is 0 Å². The highest BCUT2D eigenvalue weighted by Crippen LogP contribution is 2.22. The number of amides is 1. The first-order valence-electron chi connectivity index (χ1n) is 7.85. The minimum absolute atomic E-state index is 0.00346. The van der Waals surface area contributed by atoms with Gasteiger partial charge in [0.15, 0.2) is 11.6 Å². The number of anilines is 4. The molecule has 7 nitrogen and oxygen atoms in total. The average molecular weight is 347 g/mol. The predicted octanol–water partition coefficient (Wildman–Crippen LogP) is 2.75. The van der Waals surface area contributed by atoms with Crippen molar-refractivity contribution in [1.82, 2.24) is 9.97 Å². The van der Waals surface area contributed by atoms with Crippen LogP contribution in [0.1, 0.15) is 20.8 Å². The van der Waals surface area contributed by atoms with E-state index in [-0.39, 0.29) is 30.8 Å². The van der Waals surface area contributed by atoms with Crippen molar-refractivity contribution in [2.45, 2.75) is 20.8 Å². The Morgan fingerprint density at radius 3 is 2.68 bits per heavy atom. The molecule has 1 heterocycles. The molecule has 1 aromatic carbocycles. The van der Waals surface area contributed by atoms with Crippen molar-refractivity contribution in [2.24, 2.45) is 5.41 Å². The van der Waals surface area contributed by atoms with Gasteiger partial charge in [-0.05, 0) is 18.2 Å². The Bertz CT molecular complexity index is 746. The number of benzene rings is 1. The fraction of sp³-hybridized carbons (Fsp3) is 0.353. The number of halogens is 1. The van der Waals surface area contributed by atoms with Crippen molar-refractivity contribution in [1.29, 1.82) is 0 Å². The van der Waals surface area contributed by atoms with Crippen LogP contribution in [0, 0.1) is 11.2 Å². The lowest BCUT2D eigenvalue weighted by Crippen LogP contribution is -2.27. The van der Waals surface area contributed by atoms with Gasteiger partial charge in [-0.3, -0.25) is 4.79 Å². The smallest absolute Gasteiger partial charge is 0.229 e. The molecule has 1 aromatic heterocycles. The van der Waals surface area contributed by atoms with Crippen molar-refractivity contribution >= 4 is 29.0 Å². The Morgan fingerprint density at radius 1 is 1.28 bits per heavy atom. The van der Waals surface area contributed by atoms with E-state index in [9.17, 15) is 9.18 Å². The van der Waals surface area contributed by atoms with Crippen LogP contribution < -0.4 is 16.0 Å². The maximum atomic E-state index is 13.6. The minimum atomic E-state index is -0.606. The van der Waals surface area contributed by atoms with Crippen LogP contribution in [0.2, 0.25) is 0 Å². The summed E-state index contributed by atoms with van der Waals surface area (Å²) in [5, 5.41) is 17.3. The lowest BCUT2D eigenvalue weighted by Gasteiger charge is -2.18. The van der Waals surface area contributed by atoms with Crippen LogP contribution in [0.4, 0.5) is 27.5 Å². The molecule has 0 atom stereocenters. The number of carbonyl (C=O) groups is 1. The van der Waals surface area contributed by atoms with E-state index in [0.717, 1.165) is 6.20 Å². The molecular formula is C17H22FN5O2. The van der Waals surface area contributed by atoms with Gasteiger partial charge in [0, 0.05) is 23.3 Å². The van der Waals surface area contributed by atoms with E-state index >= 15 is 0 Å². The van der Waals surface area contributed by atoms with Crippen molar-refractivity contribution < 1.29 is 14.3 Å². The second-order valence-electron chi connectivity index (χ2n) is 6.45. The zero-order chi connectivity index (χ0) is 18.4. The summed E-state index contributed by atoms with van der Waals surface area (Å²) >= 11 is 0. The molecule has 0 bridgehead atoms. The van der Waals surface area contributed by atoms with Crippen LogP contribution in [0.25, 0.3) is 0 Å². The average Bonchev–Trinajstić information content (AvgIpc) is 2.55. The summed E-state index contributed by atoms with van der Waals surface area (Å²) in [6.45, 7) is 5.54. The largest absolute Gasteiger partial charge is 0.395 e. The zero-order valence-corrected chi connectivity index (χ0v) is 14.4. The van der Waals surface area contributed by atoms with Gasteiger partial charge in [-0.2, -0.15) is 4.98 Å². The van der Waals surface area contributed by atoms with Gasteiger partial charge in [0.1, 0.15) is 0 Å². The molecule has 134 valence electrons. The monoisotopic (exact) mass is 347 g/mol. The molecule has 4 N–H and O–H groups in total. The van der Waals surface area contributed by atoms with Crippen LogP contribution in [-0.4, -0.2) is 34.1 Å². The Balaban J connectivity index is 2.13. The summed E-state index contributed by atoms with van der Waals surface area (Å²) in [6.07, 6.45) is 1.04. The maximum Gasteiger partial charge on any atom is 0.229 e. The molecule has 0 spiro atoms. The van der Waals surface area contributed by atoms with E-state index < -0.39 is 11.2 Å². The lowest BCUT2D eigenvalue weighted by molar-refractivity contribution is -0.123. The number of aromatic nitrogens is 2. The van der Waals surface area contributed by atoms with Gasteiger partial charge >= 0.3 is 0 Å². The number of aliphatic hydroxyl groups is 1. The molecule has 25 heavy (non-hydrogen) atoms. The SMILES string of the molecule is CC(C)(C)C(=O)Nc1cccc(Nc2ncc(F)c(NCCO)n2)c1. The normalized spacial score (nSPS) is 11.1. The summed E-state index contributed by atoms with van der Waals surface area (Å²) in [7, 11) is 0. The molecule has 0 unspecified atom stereocenters. The fourth-order valence-electron chi connectivity index (χ4n) is 1.85. The van der Waals surface area contributed by atoms with Gasteiger partial charge in [-0.1, -0.05) is 26.8 Å². The molecule has 0 saturated carbocycles. The third kappa shape index (κ3) is 5.39. The topological polar surface area (TPSA) is 99.2 Å². The zero-order valence-electron chi connectivity index (χ0n) is 14.4. The molecule has 0 aliphatic carbocycles. The Labute approximate surface area is 145 Å². The minimum Gasteiger partial charge on any atom is -0.395 e. The Morgan fingerprint density at radius 2 is 2.00 bits per heavy atom. The molecule has 0 radical (unpaired) electrons. The van der Waals surface area contributed by atoms with Gasteiger partial charge in [0.25, 0.3) is 0 Å². The van der Waals surface area contributed by atoms with Gasteiger partial charge < -0.3 is 21.1 Å². The maximum absolute atomic E-state index is 13.6. The van der Waals surface area contributed by atoms with Gasteiger partial charge in [-0.25, -0.2) is 9.37 Å². The highest BCUT2D eigenvalue weighted by molar-refractivity contribution is 5.94. The number of nitrogens with one attached hydrogen (secondary N) is 3. The number of hydrogen-bond acceptors (Lipinski definition) is 6. The second kappa shape index (κ2) is 7.89. The molecular weight excluding hydrogens is 325 g/mol. The van der Waals surface area contributed by atoms with Crippen LogP contribution in [0.15, 0.2) is 30.5 Å². The summed E-state index contributed by atoms with van der Waals surface area (Å²) < 4.78 is 13.6. The molecule has 2 rings (SSSR count). The van der Waals surface area contributed by atoms with Crippen LogP contribution >= 0.6 is 0 Å². The molecule has 2 aromatic rings.